The Balaban J connectivity index is 1.60. The highest BCUT2D eigenvalue weighted by molar-refractivity contribution is 5.87. The lowest BCUT2D eigenvalue weighted by Gasteiger charge is -2.21. The molecule has 4 heterocycles. The Morgan fingerprint density at radius 2 is 2.07 bits per heavy atom. The molecule has 0 fully saturated rings. The minimum absolute atomic E-state index is 0.108. The number of fused-ring (bicyclic) bond motifs is 2. The molecule has 0 saturated carbocycles. The van der Waals surface area contributed by atoms with Crippen molar-refractivity contribution in [2.75, 3.05) is 18.1 Å². The van der Waals surface area contributed by atoms with Crippen molar-refractivity contribution in [1.82, 2.24) is 24.9 Å². The monoisotopic (exact) mass is 388 g/mol. The predicted molar refractivity (Wildman–Crippen MR) is 109 cm³/mol. The molecule has 5 rings (SSSR count). The summed E-state index contributed by atoms with van der Waals surface area (Å²) in [5, 5.41) is 11.6. The van der Waals surface area contributed by atoms with Crippen molar-refractivity contribution >= 4 is 16.9 Å². The van der Waals surface area contributed by atoms with Gasteiger partial charge in [-0.05, 0) is 32.0 Å². The number of hydrogen-bond acceptors (Lipinski definition) is 7. The summed E-state index contributed by atoms with van der Waals surface area (Å²) >= 11 is 0. The second-order valence-corrected chi connectivity index (χ2v) is 7.14. The zero-order valence-corrected chi connectivity index (χ0v) is 16.2. The van der Waals surface area contributed by atoms with E-state index in [1.165, 1.54) is 0 Å². The minimum Gasteiger partial charge on any atom is -0.504 e. The normalized spacial score (nSPS) is 13.8. The third-order valence-corrected chi connectivity index (χ3v) is 5.10. The lowest BCUT2D eigenvalue weighted by atomic mass is 10.0. The molecule has 0 bridgehead atoms. The maximum absolute atomic E-state index is 10.7. The highest BCUT2D eigenvalue weighted by Gasteiger charge is 2.23. The van der Waals surface area contributed by atoms with Crippen molar-refractivity contribution in [2.24, 2.45) is 0 Å². The number of H-pyrrole nitrogens is 1. The lowest BCUT2D eigenvalue weighted by molar-refractivity contribution is 0.312. The average Bonchev–Trinajstić information content (AvgIpc) is 3.09. The molecule has 8 nitrogen and oxygen atoms in total. The molecule has 0 saturated heterocycles. The molecule has 8 heteroatoms. The quantitative estimate of drug-likeness (QED) is 0.544. The molecule has 3 aromatic heterocycles. The van der Waals surface area contributed by atoms with Crippen LogP contribution in [-0.2, 0) is 6.54 Å². The van der Waals surface area contributed by atoms with Gasteiger partial charge in [-0.15, -0.1) is 0 Å². The molecule has 1 aliphatic rings. The number of aromatic amines is 1. The van der Waals surface area contributed by atoms with Crippen LogP contribution in [0.1, 0.15) is 17.0 Å². The van der Waals surface area contributed by atoms with E-state index in [4.69, 9.17) is 4.74 Å². The summed E-state index contributed by atoms with van der Waals surface area (Å²) in [6.07, 6.45) is 5.15. The summed E-state index contributed by atoms with van der Waals surface area (Å²) in [6.45, 7) is 5.45. The van der Waals surface area contributed by atoms with E-state index >= 15 is 0 Å². The molecule has 0 unspecified atom stereocenters. The minimum atomic E-state index is 0.108. The Bertz CT molecular complexity index is 1220. The number of hydrogen-bond donors (Lipinski definition) is 2. The fraction of sp³-hybridized carbons (Fsp3) is 0.238. The molecule has 0 aliphatic carbocycles. The van der Waals surface area contributed by atoms with Gasteiger partial charge in [0.25, 0.3) is 0 Å². The second kappa shape index (κ2) is 6.73. The van der Waals surface area contributed by atoms with Gasteiger partial charge < -0.3 is 19.7 Å². The van der Waals surface area contributed by atoms with E-state index in [-0.39, 0.29) is 5.75 Å². The van der Waals surface area contributed by atoms with E-state index in [0.29, 0.717) is 25.4 Å². The number of nitrogens with one attached hydrogen (secondary N) is 1. The van der Waals surface area contributed by atoms with Crippen molar-refractivity contribution in [3.63, 3.8) is 0 Å². The van der Waals surface area contributed by atoms with Crippen LogP contribution < -0.4 is 9.64 Å². The van der Waals surface area contributed by atoms with Crippen molar-refractivity contribution in [2.45, 2.75) is 20.4 Å². The van der Waals surface area contributed by atoms with Gasteiger partial charge in [-0.1, -0.05) is 0 Å². The van der Waals surface area contributed by atoms with Crippen LogP contribution in [0, 0.1) is 13.8 Å². The fourth-order valence-corrected chi connectivity index (χ4v) is 3.74. The Hall–Kier alpha value is -3.68. The first-order valence-electron chi connectivity index (χ1n) is 9.42. The SMILES string of the molecule is Cc1cnc(C)c(-c2cc(O)c3c(c2)CN(c2ncnc4[nH]ccc24)CCO3)n1. The third-order valence-electron chi connectivity index (χ3n) is 5.10. The van der Waals surface area contributed by atoms with E-state index in [1.54, 1.807) is 18.6 Å². The van der Waals surface area contributed by atoms with Gasteiger partial charge in [0.05, 0.1) is 29.0 Å². The number of aryl methyl sites for hydroxylation is 2. The number of rotatable bonds is 2. The molecule has 146 valence electrons. The van der Waals surface area contributed by atoms with Gasteiger partial charge in [-0.2, -0.15) is 0 Å². The first-order chi connectivity index (χ1) is 14.1. The number of phenolic OH excluding ortho intramolecular Hbond substituents is 1. The standard InChI is InChI=1S/C21H20N6O2/c1-12-9-23-13(2)18(26-12)14-7-15-10-27(5-6-29-19(15)17(28)8-14)21-16-3-4-22-20(16)24-11-25-21/h3-4,7-9,11,28H,5-6,10H2,1-2H3,(H,22,24,25). The predicted octanol–water partition coefficient (Wildman–Crippen LogP) is 3.14. The molecular weight excluding hydrogens is 368 g/mol. The van der Waals surface area contributed by atoms with Crippen molar-refractivity contribution < 1.29 is 9.84 Å². The summed E-state index contributed by atoms with van der Waals surface area (Å²) in [6, 6.07) is 5.68. The average molecular weight is 388 g/mol. The Kier molecular flexibility index (Phi) is 4.04. The van der Waals surface area contributed by atoms with E-state index in [1.807, 2.05) is 32.2 Å². The van der Waals surface area contributed by atoms with Crippen LogP contribution in [0.3, 0.4) is 0 Å². The van der Waals surface area contributed by atoms with Gasteiger partial charge in [-0.3, -0.25) is 4.98 Å². The molecule has 4 aromatic rings. The van der Waals surface area contributed by atoms with Crippen LogP contribution in [0.5, 0.6) is 11.5 Å². The second-order valence-electron chi connectivity index (χ2n) is 7.14. The molecule has 2 N–H and O–H groups in total. The summed E-state index contributed by atoms with van der Waals surface area (Å²) < 4.78 is 5.89. The molecule has 0 amide bonds. The number of benzene rings is 1. The number of nitrogens with zero attached hydrogens (tertiary/aromatic N) is 5. The Morgan fingerprint density at radius 3 is 2.97 bits per heavy atom. The highest BCUT2D eigenvalue weighted by atomic mass is 16.5. The molecule has 0 radical (unpaired) electrons. The number of aromatic nitrogens is 5. The highest BCUT2D eigenvalue weighted by Crippen LogP contribution is 2.38. The largest absolute Gasteiger partial charge is 0.504 e. The van der Waals surface area contributed by atoms with E-state index in [2.05, 4.69) is 29.8 Å². The Morgan fingerprint density at radius 1 is 1.17 bits per heavy atom. The molecule has 29 heavy (non-hydrogen) atoms. The number of phenols is 1. The molecule has 1 aromatic carbocycles. The van der Waals surface area contributed by atoms with Gasteiger partial charge in [0.15, 0.2) is 11.5 Å². The van der Waals surface area contributed by atoms with Crippen LogP contribution >= 0.6 is 0 Å². The molecular formula is C21H20N6O2. The Labute approximate surface area is 167 Å². The summed E-state index contributed by atoms with van der Waals surface area (Å²) in [5.41, 5.74) is 4.88. The van der Waals surface area contributed by atoms with E-state index < -0.39 is 0 Å². The van der Waals surface area contributed by atoms with Crippen molar-refractivity contribution in [3.8, 4) is 22.8 Å². The first-order valence-corrected chi connectivity index (χ1v) is 9.42. The molecule has 0 atom stereocenters. The summed E-state index contributed by atoms with van der Waals surface area (Å²) in [7, 11) is 0. The third kappa shape index (κ3) is 3.02. The van der Waals surface area contributed by atoms with Gasteiger partial charge in [0, 0.05) is 30.1 Å². The van der Waals surface area contributed by atoms with Crippen LogP contribution in [-0.4, -0.2) is 43.2 Å². The van der Waals surface area contributed by atoms with Gasteiger partial charge in [0.1, 0.15) is 24.4 Å². The maximum atomic E-state index is 10.7. The van der Waals surface area contributed by atoms with Crippen molar-refractivity contribution in [1.29, 1.82) is 0 Å². The molecule has 0 spiro atoms. The van der Waals surface area contributed by atoms with E-state index in [9.17, 15) is 5.11 Å². The zero-order valence-electron chi connectivity index (χ0n) is 16.2. The summed E-state index contributed by atoms with van der Waals surface area (Å²) in [5.74, 6) is 1.45. The van der Waals surface area contributed by atoms with E-state index in [0.717, 1.165) is 45.1 Å². The van der Waals surface area contributed by atoms with Crippen LogP contribution in [0.2, 0.25) is 0 Å². The lowest BCUT2D eigenvalue weighted by Crippen LogP contribution is -2.26. The van der Waals surface area contributed by atoms with Crippen molar-refractivity contribution in [3.05, 3.63) is 53.9 Å². The zero-order chi connectivity index (χ0) is 20.0. The van der Waals surface area contributed by atoms with Crippen LogP contribution in [0.25, 0.3) is 22.3 Å². The van der Waals surface area contributed by atoms with Crippen LogP contribution in [0.4, 0.5) is 5.82 Å². The number of aromatic hydroxyl groups is 1. The van der Waals surface area contributed by atoms with Gasteiger partial charge >= 0.3 is 0 Å². The number of ether oxygens (including phenoxy) is 1. The maximum Gasteiger partial charge on any atom is 0.166 e. The number of anilines is 1. The topological polar surface area (TPSA) is 100 Å². The smallest absolute Gasteiger partial charge is 0.166 e. The fourth-order valence-electron chi connectivity index (χ4n) is 3.74. The van der Waals surface area contributed by atoms with Gasteiger partial charge in [0.2, 0.25) is 0 Å². The molecule has 1 aliphatic heterocycles. The van der Waals surface area contributed by atoms with Gasteiger partial charge in [-0.25, -0.2) is 15.0 Å². The van der Waals surface area contributed by atoms with Crippen LogP contribution in [0.15, 0.2) is 36.9 Å². The summed E-state index contributed by atoms with van der Waals surface area (Å²) in [4.78, 5) is 23.0. The first kappa shape index (κ1) is 17.4.